The third-order valence-electron chi connectivity index (χ3n) is 5.37. The fraction of sp³-hybridized carbons (Fsp3) is 0.857. The molecule has 104 valence electrons. The van der Waals surface area contributed by atoms with Gasteiger partial charge >= 0.3 is 0 Å². The molecule has 0 radical (unpaired) electrons. The Kier molecular flexibility index (Phi) is 2.76. The predicted molar refractivity (Wildman–Crippen MR) is 73.8 cm³/mol. The van der Waals surface area contributed by atoms with Crippen LogP contribution in [0.3, 0.4) is 0 Å². The van der Waals surface area contributed by atoms with Crippen LogP contribution in [0.1, 0.15) is 37.9 Å². The molecule has 3 N–H and O–H groups in total. The van der Waals surface area contributed by atoms with Crippen molar-refractivity contribution in [2.45, 2.75) is 44.6 Å². The molecule has 2 heterocycles. The SMILES string of the molecule is NC1CCN(c2n[nH]c(CC3CC4CCC3C4)n2)C1. The number of anilines is 1. The van der Waals surface area contributed by atoms with Crippen LogP contribution in [0, 0.1) is 17.8 Å². The Hall–Kier alpha value is -1.10. The normalized spacial score (nSPS) is 37.4. The lowest BCUT2D eigenvalue weighted by molar-refractivity contribution is 0.327. The first kappa shape index (κ1) is 11.7. The largest absolute Gasteiger partial charge is 0.338 e. The average molecular weight is 261 g/mol. The molecule has 1 saturated heterocycles. The minimum Gasteiger partial charge on any atom is -0.338 e. The van der Waals surface area contributed by atoms with Crippen molar-refractivity contribution in [3.63, 3.8) is 0 Å². The van der Waals surface area contributed by atoms with Crippen molar-refractivity contribution in [3.8, 4) is 0 Å². The molecule has 2 aliphatic carbocycles. The van der Waals surface area contributed by atoms with Gasteiger partial charge in [-0.25, -0.2) is 0 Å². The monoisotopic (exact) mass is 261 g/mol. The average Bonchev–Trinajstić information content (AvgIpc) is 3.11. The Balaban J connectivity index is 1.41. The van der Waals surface area contributed by atoms with Crippen LogP contribution in [0.5, 0.6) is 0 Å². The molecule has 1 aromatic heterocycles. The highest BCUT2D eigenvalue weighted by Gasteiger charge is 2.39. The number of aromatic amines is 1. The summed E-state index contributed by atoms with van der Waals surface area (Å²) in [6.07, 6.45) is 7.93. The molecule has 4 rings (SSSR count). The number of nitrogens with zero attached hydrogens (tertiary/aromatic N) is 3. The van der Waals surface area contributed by atoms with E-state index in [0.717, 1.165) is 55.5 Å². The molecule has 2 bridgehead atoms. The van der Waals surface area contributed by atoms with Crippen LogP contribution in [0.4, 0.5) is 5.95 Å². The Morgan fingerprint density at radius 2 is 2.21 bits per heavy atom. The van der Waals surface area contributed by atoms with Gasteiger partial charge in [0.25, 0.3) is 0 Å². The molecule has 1 aliphatic heterocycles. The molecule has 3 fully saturated rings. The lowest BCUT2D eigenvalue weighted by Gasteiger charge is -2.20. The maximum Gasteiger partial charge on any atom is 0.244 e. The van der Waals surface area contributed by atoms with Gasteiger partial charge in [0.1, 0.15) is 5.82 Å². The van der Waals surface area contributed by atoms with Crippen LogP contribution in [-0.2, 0) is 6.42 Å². The minimum atomic E-state index is 0.285. The van der Waals surface area contributed by atoms with Gasteiger partial charge in [-0.05, 0) is 43.4 Å². The van der Waals surface area contributed by atoms with Crippen LogP contribution in [0.15, 0.2) is 0 Å². The molecule has 19 heavy (non-hydrogen) atoms. The van der Waals surface area contributed by atoms with Gasteiger partial charge in [0.2, 0.25) is 5.95 Å². The standard InChI is InChI=1S/C14H23N5/c15-12-3-4-19(8-12)14-16-13(17-18-14)7-11-6-9-1-2-10(11)5-9/h9-12H,1-8,15H2,(H,16,17,18). The smallest absolute Gasteiger partial charge is 0.244 e. The maximum absolute atomic E-state index is 5.93. The highest BCUT2D eigenvalue weighted by Crippen LogP contribution is 2.49. The van der Waals surface area contributed by atoms with Gasteiger partial charge in [-0.3, -0.25) is 5.10 Å². The predicted octanol–water partition coefficient (Wildman–Crippen LogP) is 1.32. The number of nitrogens with two attached hydrogens (primary N) is 1. The third kappa shape index (κ3) is 2.14. The zero-order valence-corrected chi connectivity index (χ0v) is 11.4. The number of rotatable bonds is 3. The summed E-state index contributed by atoms with van der Waals surface area (Å²) in [5, 5.41) is 7.51. The fourth-order valence-corrected chi connectivity index (χ4v) is 4.36. The molecule has 0 aromatic carbocycles. The van der Waals surface area contributed by atoms with E-state index in [2.05, 4.69) is 20.1 Å². The van der Waals surface area contributed by atoms with Crippen LogP contribution >= 0.6 is 0 Å². The topological polar surface area (TPSA) is 70.8 Å². The molecular weight excluding hydrogens is 238 g/mol. The summed E-state index contributed by atoms with van der Waals surface area (Å²) in [5.74, 6) is 4.74. The minimum absolute atomic E-state index is 0.285. The van der Waals surface area contributed by atoms with Crippen molar-refractivity contribution in [2.75, 3.05) is 18.0 Å². The Morgan fingerprint density at radius 1 is 1.26 bits per heavy atom. The zero-order chi connectivity index (χ0) is 12.8. The highest BCUT2D eigenvalue weighted by atomic mass is 15.4. The van der Waals surface area contributed by atoms with Gasteiger partial charge in [0, 0.05) is 25.6 Å². The summed E-state index contributed by atoms with van der Waals surface area (Å²) in [7, 11) is 0. The van der Waals surface area contributed by atoms with Gasteiger partial charge < -0.3 is 10.6 Å². The number of fused-ring (bicyclic) bond motifs is 2. The van der Waals surface area contributed by atoms with E-state index in [4.69, 9.17) is 5.73 Å². The molecule has 0 amide bonds. The first-order valence-corrected chi connectivity index (χ1v) is 7.69. The number of hydrogen-bond acceptors (Lipinski definition) is 4. The van der Waals surface area contributed by atoms with E-state index in [0.29, 0.717) is 0 Å². The van der Waals surface area contributed by atoms with Crippen molar-refractivity contribution in [1.29, 1.82) is 0 Å². The van der Waals surface area contributed by atoms with Crippen molar-refractivity contribution >= 4 is 5.95 Å². The Morgan fingerprint density at radius 3 is 2.89 bits per heavy atom. The first-order valence-electron chi connectivity index (χ1n) is 7.69. The van der Waals surface area contributed by atoms with E-state index in [9.17, 15) is 0 Å². The number of aromatic nitrogens is 3. The maximum atomic E-state index is 5.93. The van der Waals surface area contributed by atoms with Crippen LogP contribution in [0.25, 0.3) is 0 Å². The van der Waals surface area contributed by atoms with E-state index in [-0.39, 0.29) is 6.04 Å². The van der Waals surface area contributed by atoms with Crippen LogP contribution < -0.4 is 10.6 Å². The summed E-state index contributed by atoms with van der Waals surface area (Å²) in [4.78, 5) is 6.88. The van der Waals surface area contributed by atoms with Gasteiger partial charge in [-0.15, -0.1) is 5.10 Å². The molecule has 4 unspecified atom stereocenters. The quantitative estimate of drug-likeness (QED) is 0.861. The number of nitrogens with one attached hydrogen (secondary N) is 1. The van der Waals surface area contributed by atoms with E-state index in [1.807, 2.05) is 0 Å². The van der Waals surface area contributed by atoms with Gasteiger partial charge in [-0.2, -0.15) is 4.98 Å². The van der Waals surface area contributed by atoms with Crippen molar-refractivity contribution in [3.05, 3.63) is 5.82 Å². The molecule has 5 heteroatoms. The van der Waals surface area contributed by atoms with E-state index < -0.39 is 0 Å². The molecule has 0 spiro atoms. The van der Waals surface area contributed by atoms with Crippen molar-refractivity contribution < 1.29 is 0 Å². The summed E-state index contributed by atoms with van der Waals surface area (Å²) >= 11 is 0. The number of hydrogen-bond donors (Lipinski definition) is 2. The van der Waals surface area contributed by atoms with Crippen LogP contribution in [0.2, 0.25) is 0 Å². The van der Waals surface area contributed by atoms with Gasteiger partial charge in [0.05, 0.1) is 0 Å². The summed E-state index contributed by atoms with van der Waals surface area (Å²) < 4.78 is 0. The second kappa shape index (κ2) is 4.47. The van der Waals surface area contributed by atoms with E-state index >= 15 is 0 Å². The number of H-pyrrole nitrogens is 1. The molecule has 2 saturated carbocycles. The molecule has 4 atom stereocenters. The van der Waals surface area contributed by atoms with Crippen LogP contribution in [-0.4, -0.2) is 34.3 Å². The first-order chi connectivity index (χ1) is 9.28. The van der Waals surface area contributed by atoms with Gasteiger partial charge in [0.15, 0.2) is 0 Å². The Labute approximate surface area is 114 Å². The van der Waals surface area contributed by atoms with E-state index in [1.165, 1.54) is 25.7 Å². The lowest BCUT2D eigenvalue weighted by atomic mass is 9.86. The summed E-state index contributed by atoms with van der Waals surface area (Å²) in [6.45, 7) is 1.89. The second-order valence-corrected chi connectivity index (χ2v) is 6.72. The highest BCUT2D eigenvalue weighted by molar-refractivity contribution is 5.31. The van der Waals surface area contributed by atoms with E-state index in [1.54, 1.807) is 0 Å². The Bertz CT molecular complexity index is 456. The molecule has 1 aromatic rings. The van der Waals surface area contributed by atoms with Crippen molar-refractivity contribution in [2.24, 2.45) is 23.5 Å². The molecule has 5 nitrogen and oxygen atoms in total. The van der Waals surface area contributed by atoms with Gasteiger partial charge in [-0.1, -0.05) is 6.42 Å². The summed E-state index contributed by atoms with van der Waals surface area (Å²) in [6, 6.07) is 0.285. The second-order valence-electron chi connectivity index (χ2n) is 6.72. The molecular formula is C14H23N5. The zero-order valence-electron chi connectivity index (χ0n) is 11.4. The fourth-order valence-electron chi connectivity index (χ4n) is 4.36. The van der Waals surface area contributed by atoms with Crippen molar-refractivity contribution in [1.82, 2.24) is 15.2 Å². The molecule has 3 aliphatic rings. The third-order valence-corrected chi connectivity index (χ3v) is 5.37. The summed E-state index contributed by atoms with van der Waals surface area (Å²) in [5.41, 5.74) is 5.93. The lowest BCUT2D eigenvalue weighted by Crippen LogP contribution is -2.27.